The van der Waals surface area contributed by atoms with Gasteiger partial charge in [0.15, 0.2) is 0 Å². The Morgan fingerprint density at radius 2 is 1.62 bits per heavy atom. The number of benzene rings is 3. The molecule has 2 amide bonds. The Hall–Kier alpha value is -5.40. The molecule has 1 aliphatic heterocycles. The number of halogens is 4. The van der Waals surface area contributed by atoms with Gasteiger partial charge < -0.3 is 15.5 Å². The highest BCUT2D eigenvalue weighted by molar-refractivity contribution is 9.10. The second-order valence-electron chi connectivity index (χ2n) is 12.2. The average molecular weight is 784 g/mol. The zero-order chi connectivity index (χ0) is 36.2. The van der Waals surface area contributed by atoms with Crippen LogP contribution in [0, 0.1) is 0 Å². The second-order valence-corrected chi connectivity index (χ2v) is 14.0. The number of hydrogen-bond donors (Lipinski definition) is 2. The van der Waals surface area contributed by atoms with Crippen molar-refractivity contribution < 1.29 is 22.8 Å². The fourth-order valence-electron chi connectivity index (χ4n) is 6.16. The molecular weight excluding hydrogens is 753 g/mol. The van der Waals surface area contributed by atoms with Gasteiger partial charge in [0.1, 0.15) is 11.5 Å². The largest absolute Gasteiger partial charge is 0.433 e. The van der Waals surface area contributed by atoms with Gasteiger partial charge in [0.05, 0.1) is 33.1 Å². The van der Waals surface area contributed by atoms with Crippen molar-refractivity contribution in [2.75, 3.05) is 28.6 Å². The van der Waals surface area contributed by atoms with Crippen LogP contribution in [0.2, 0.25) is 0 Å². The summed E-state index contributed by atoms with van der Waals surface area (Å²) in [6.45, 7) is 0.904. The Kier molecular flexibility index (Phi) is 10.1. The van der Waals surface area contributed by atoms with Crippen molar-refractivity contribution in [3.8, 4) is 0 Å². The molecule has 262 valence electrons. The molecule has 8 nitrogen and oxygen atoms in total. The topological polar surface area (TPSA) is 100 Å². The number of carbonyl (C=O) groups is 2. The summed E-state index contributed by atoms with van der Waals surface area (Å²) in [6, 6.07) is 23.0. The number of hydrogen-bond acceptors (Lipinski definition) is 7. The maximum Gasteiger partial charge on any atom is 0.433 e. The normalized spacial score (nSPS) is 14.1. The maximum atomic E-state index is 13.8. The summed E-state index contributed by atoms with van der Waals surface area (Å²) < 4.78 is 43.2. The van der Waals surface area contributed by atoms with E-state index in [1.54, 1.807) is 23.8 Å². The van der Waals surface area contributed by atoms with Crippen LogP contribution in [0.15, 0.2) is 107 Å². The zero-order valence-corrected chi connectivity index (χ0v) is 29.8. The molecule has 0 bridgehead atoms. The standard InChI is InChI=1S/C39H30BrF3N6O2S/c40-31-10-5-24(6-13-36(50)46-28-9-11-33-34(21-28)52-23-45-33)19-30(31)25-15-17-49(18-16-25)38-26(7-12-35(48-38)39(41,42)43)8-14-37(51)47-29-20-27-3-1-2-4-32(27)44-22-29/h1-14,19-23,25H,15-18H2,(H,46,50)(H,47,51)/b13-6+,14-8+. The van der Waals surface area contributed by atoms with Gasteiger partial charge in [-0.05, 0) is 90.6 Å². The van der Waals surface area contributed by atoms with Gasteiger partial charge in [-0.1, -0.05) is 46.3 Å². The minimum Gasteiger partial charge on any atom is -0.356 e. The first-order valence-electron chi connectivity index (χ1n) is 16.4. The lowest BCUT2D eigenvalue weighted by Gasteiger charge is -2.34. The minimum absolute atomic E-state index is 0.116. The Bertz CT molecular complexity index is 2350. The first-order valence-corrected chi connectivity index (χ1v) is 18.1. The second kappa shape index (κ2) is 15.1. The minimum atomic E-state index is -4.62. The Labute approximate surface area is 309 Å². The highest BCUT2D eigenvalue weighted by Gasteiger charge is 2.34. The summed E-state index contributed by atoms with van der Waals surface area (Å²) in [5.74, 6) is -0.426. The van der Waals surface area contributed by atoms with Crippen LogP contribution >= 0.6 is 27.3 Å². The first-order chi connectivity index (χ1) is 25.1. The SMILES string of the molecule is O=C(/C=C/c1ccc(C(F)(F)F)nc1N1CCC(c2cc(/C=C/C(=O)Nc3ccc4ncsc4c3)ccc2Br)CC1)Nc1cnc2ccccc2c1. The number of amides is 2. The molecule has 0 spiro atoms. The average Bonchev–Trinajstić information content (AvgIpc) is 3.61. The predicted molar refractivity (Wildman–Crippen MR) is 204 cm³/mol. The van der Waals surface area contributed by atoms with Crippen LogP contribution in [-0.4, -0.2) is 39.9 Å². The quantitative estimate of drug-likeness (QED) is 0.149. The summed E-state index contributed by atoms with van der Waals surface area (Å²) in [5.41, 5.74) is 5.92. The molecule has 0 saturated carbocycles. The van der Waals surface area contributed by atoms with Crippen molar-refractivity contribution in [2.45, 2.75) is 24.9 Å². The Balaban J connectivity index is 1.03. The van der Waals surface area contributed by atoms with Crippen molar-refractivity contribution in [1.29, 1.82) is 0 Å². The first kappa shape index (κ1) is 35.0. The van der Waals surface area contributed by atoms with Gasteiger partial charge in [-0.2, -0.15) is 13.2 Å². The number of aromatic nitrogens is 3. The van der Waals surface area contributed by atoms with Gasteiger partial charge in [-0.15, -0.1) is 11.3 Å². The molecule has 4 heterocycles. The third kappa shape index (κ3) is 8.21. The fraction of sp³-hybridized carbons (Fsp3) is 0.154. The zero-order valence-electron chi connectivity index (χ0n) is 27.4. The molecule has 13 heteroatoms. The summed E-state index contributed by atoms with van der Waals surface area (Å²) in [5, 5.41) is 6.52. The smallest absolute Gasteiger partial charge is 0.356 e. The highest BCUT2D eigenvalue weighted by atomic mass is 79.9. The van der Waals surface area contributed by atoms with E-state index < -0.39 is 17.8 Å². The van der Waals surface area contributed by atoms with Crippen molar-refractivity contribution >= 4 is 89.5 Å². The molecule has 0 atom stereocenters. The third-order valence-corrected chi connectivity index (χ3v) is 10.3. The van der Waals surface area contributed by atoms with E-state index in [0.717, 1.165) is 42.8 Å². The van der Waals surface area contributed by atoms with Crippen molar-refractivity contribution in [2.24, 2.45) is 0 Å². The Morgan fingerprint density at radius 3 is 2.42 bits per heavy atom. The van der Waals surface area contributed by atoms with Gasteiger partial charge >= 0.3 is 6.18 Å². The van der Waals surface area contributed by atoms with Gasteiger partial charge in [0, 0.05) is 46.4 Å². The van der Waals surface area contributed by atoms with E-state index in [9.17, 15) is 22.8 Å². The molecular formula is C39H30BrF3N6O2S. The van der Waals surface area contributed by atoms with E-state index >= 15 is 0 Å². The van der Waals surface area contributed by atoms with Crippen molar-refractivity contribution in [3.05, 3.63) is 130 Å². The number of carbonyl (C=O) groups excluding carboxylic acids is 2. The molecule has 1 aliphatic rings. The molecule has 0 aliphatic carbocycles. The molecule has 0 radical (unpaired) electrons. The van der Waals surface area contributed by atoms with E-state index in [2.05, 4.69) is 41.5 Å². The van der Waals surface area contributed by atoms with E-state index in [-0.39, 0.29) is 17.6 Å². The maximum absolute atomic E-state index is 13.8. The summed E-state index contributed by atoms with van der Waals surface area (Å²) >= 11 is 5.17. The molecule has 3 aromatic heterocycles. The summed E-state index contributed by atoms with van der Waals surface area (Å²) in [7, 11) is 0. The molecule has 6 aromatic rings. The number of pyridine rings is 2. The molecule has 0 unspecified atom stereocenters. The van der Waals surface area contributed by atoms with Crippen LogP contribution in [0.4, 0.5) is 30.4 Å². The van der Waals surface area contributed by atoms with E-state index in [0.29, 0.717) is 42.9 Å². The fourth-order valence-corrected chi connectivity index (χ4v) is 7.45. The van der Waals surface area contributed by atoms with Crippen LogP contribution in [0.5, 0.6) is 0 Å². The number of para-hydroxylation sites is 1. The van der Waals surface area contributed by atoms with Crippen LogP contribution in [0.1, 0.15) is 41.1 Å². The van der Waals surface area contributed by atoms with Gasteiger partial charge in [0.2, 0.25) is 11.8 Å². The molecule has 7 rings (SSSR count). The van der Waals surface area contributed by atoms with Crippen LogP contribution < -0.4 is 15.5 Å². The molecule has 52 heavy (non-hydrogen) atoms. The third-order valence-electron chi connectivity index (χ3n) is 8.75. The van der Waals surface area contributed by atoms with Crippen LogP contribution in [0.3, 0.4) is 0 Å². The molecule has 1 saturated heterocycles. The predicted octanol–water partition coefficient (Wildman–Crippen LogP) is 9.71. The number of anilines is 3. The highest BCUT2D eigenvalue weighted by Crippen LogP contribution is 2.37. The van der Waals surface area contributed by atoms with Crippen molar-refractivity contribution in [3.63, 3.8) is 0 Å². The number of rotatable bonds is 8. The van der Waals surface area contributed by atoms with E-state index in [4.69, 9.17) is 0 Å². The number of thiazole rings is 1. The lowest BCUT2D eigenvalue weighted by molar-refractivity contribution is -0.141. The van der Waals surface area contributed by atoms with E-state index in [1.807, 2.05) is 65.6 Å². The number of nitrogens with zero attached hydrogens (tertiary/aromatic N) is 4. The van der Waals surface area contributed by atoms with Gasteiger partial charge in [-0.25, -0.2) is 9.97 Å². The monoisotopic (exact) mass is 782 g/mol. The number of fused-ring (bicyclic) bond motifs is 2. The summed E-state index contributed by atoms with van der Waals surface area (Å²) in [6.07, 6.45) is 4.25. The molecule has 1 fully saturated rings. The lowest BCUT2D eigenvalue weighted by atomic mass is 9.88. The van der Waals surface area contributed by atoms with E-state index in [1.165, 1.54) is 35.6 Å². The lowest BCUT2D eigenvalue weighted by Crippen LogP contribution is -2.34. The van der Waals surface area contributed by atoms with Gasteiger partial charge in [0.25, 0.3) is 0 Å². The molecule has 3 aromatic carbocycles. The van der Waals surface area contributed by atoms with Gasteiger partial charge in [-0.3, -0.25) is 14.6 Å². The van der Waals surface area contributed by atoms with Crippen LogP contribution in [-0.2, 0) is 15.8 Å². The number of nitrogens with one attached hydrogen (secondary N) is 2. The molecule has 2 N–H and O–H groups in total. The number of alkyl halides is 3. The number of piperidine rings is 1. The summed E-state index contributed by atoms with van der Waals surface area (Å²) in [4.78, 5) is 40.0. The van der Waals surface area contributed by atoms with Crippen LogP contribution in [0.25, 0.3) is 33.3 Å². The Morgan fingerprint density at radius 1 is 0.846 bits per heavy atom. The van der Waals surface area contributed by atoms with Crippen molar-refractivity contribution in [1.82, 2.24) is 15.0 Å².